The number of unbranched alkanes of at least 4 members (excludes halogenated alkanes) is 3. The van der Waals surface area contributed by atoms with Gasteiger partial charge in [-0.05, 0) is 96.0 Å². The number of carbonyl (C=O) groups is 7. The van der Waals surface area contributed by atoms with E-state index in [-0.39, 0.29) is 85.8 Å². The number of aromatic nitrogens is 1. The second-order valence-electron chi connectivity index (χ2n) is 22.6. The number of hydroxylamine groups is 2. The molecule has 24 heteroatoms. The third-order valence-corrected chi connectivity index (χ3v) is 16.2. The van der Waals surface area contributed by atoms with Crippen LogP contribution in [0.5, 0.6) is 5.75 Å². The van der Waals surface area contributed by atoms with Crippen molar-refractivity contribution in [3.8, 4) is 23.1 Å². The molecule has 5 amide bonds. The Balaban J connectivity index is 0.832. The van der Waals surface area contributed by atoms with Gasteiger partial charge < -0.3 is 49.3 Å². The number of benzene rings is 4. The Hall–Kier alpha value is -9.60. The van der Waals surface area contributed by atoms with Crippen molar-refractivity contribution in [2.24, 2.45) is 16.8 Å². The van der Waals surface area contributed by atoms with E-state index in [1.165, 1.54) is 42.2 Å². The van der Waals surface area contributed by atoms with Gasteiger partial charge in [0.15, 0.2) is 12.3 Å². The number of nitriles is 1. The van der Waals surface area contributed by atoms with Crippen molar-refractivity contribution < 1.29 is 66.8 Å². The maximum Gasteiger partial charge on any atom is 0.411 e. The van der Waals surface area contributed by atoms with Crippen molar-refractivity contribution in [3.63, 3.8) is 0 Å². The first-order chi connectivity index (χ1) is 44.1. The van der Waals surface area contributed by atoms with Crippen molar-refractivity contribution in [2.45, 2.75) is 128 Å². The van der Waals surface area contributed by atoms with Crippen LogP contribution in [0.25, 0.3) is 11.1 Å². The van der Waals surface area contributed by atoms with E-state index >= 15 is 0 Å². The molecule has 482 valence electrons. The molecule has 24 nitrogen and oxygen atoms in total. The lowest BCUT2D eigenvalue weighted by Gasteiger charge is -2.42. The number of rotatable bonds is 27. The molecule has 1 aromatic heterocycles. The number of esters is 2. The number of methoxy groups -OCH3 is 1. The quantitative estimate of drug-likeness (QED) is 0.00477. The highest BCUT2D eigenvalue weighted by Crippen LogP contribution is 2.45. The second-order valence-corrected chi connectivity index (χ2v) is 22.6. The number of fused-ring (bicyclic) bond motifs is 3. The van der Waals surface area contributed by atoms with Crippen LogP contribution in [0.3, 0.4) is 0 Å². The van der Waals surface area contributed by atoms with Gasteiger partial charge in [0.05, 0.1) is 25.4 Å². The van der Waals surface area contributed by atoms with Gasteiger partial charge in [-0.15, -0.1) is 0 Å². The summed E-state index contributed by atoms with van der Waals surface area (Å²) in [6, 6.07) is 30.5. The zero-order valence-corrected chi connectivity index (χ0v) is 52.0. The number of guanidine groups is 1. The molecule has 91 heavy (non-hydrogen) atoms. The maximum absolute atomic E-state index is 13.7. The fourth-order valence-electron chi connectivity index (χ4n) is 11.2. The topological polar surface area (TPSA) is 300 Å². The Morgan fingerprint density at radius 3 is 2.21 bits per heavy atom. The number of hydrogen-bond donors (Lipinski definition) is 5. The lowest BCUT2D eigenvalue weighted by Crippen LogP contribution is -2.55. The van der Waals surface area contributed by atoms with E-state index in [4.69, 9.17) is 38.5 Å². The van der Waals surface area contributed by atoms with Crippen molar-refractivity contribution in [1.29, 1.82) is 5.26 Å². The van der Waals surface area contributed by atoms with Gasteiger partial charge in [0.2, 0.25) is 24.1 Å². The number of alkyl carbamates (subject to hydrolysis) is 1. The highest BCUT2D eigenvalue weighted by Gasteiger charge is 2.48. The first-order valence-corrected chi connectivity index (χ1v) is 30.8. The summed E-state index contributed by atoms with van der Waals surface area (Å²) in [6.07, 6.45) is 8.22. The number of likely N-dealkylation sites (N-methyl/N-ethyl adjacent to an activating group) is 1. The maximum atomic E-state index is 13.7. The van der Waals surface area contributed by atoms with E-state index in [2.05, 4.69) is 36.6 Å². The predicted octanol–water partition coefficient (Wildman–Crippen LogP) is 9.83. The van der Waals surface area contributed by atoms with Gasteiger partial charge in [-0.25, -0.2) is 19.4 Å². The van der Waals surface area contributed by atoms with Gasteiger partial charge in [-0.1, -0.05) is 107 Å². The molecule has 1 saturated heterocycles. The summed E-state index contributed by atoms with van der Waals surface area (Å²) in [6.45, 7) is 5.29. The highest BCUT2D eigenvalue weighted by atomic mass is 16.7. The summed E-state index contributed by atoms with van der Waals surface area (Å²) in [5.41, 5.74) is 6.17. The summed E-state index contributed by atoms with van der Waals surface area (Å²) < 4.78 is 34.3. The minimum atomic E-state index is -1.33. The summed E-state index contributed by atoms with van der Waals surface area (Å²) in [5.74, 6) is -2.95. The van der Waals surface area contributed by atoms with Gasteiger partial charge >= 0.3 is 24.1 Å². The standard InChI is InChI=1S/C67H80N10O14/c1-43-44(2)64(91-61(63(82)85-5)60(43)89-45(3)78)90-57-28-27-46(38-56(57)75-58(79)31-35-71-66(83)87-41-55-53-24-14-12-22-51(53)52-23-13-15-25-54(52)55)40-86-67(84)74-49-19-17-18-47(39-49)62(81)76(4)36-37-88-77(50-20-9-8-10-21-50)59(80)26-11-6-7-16-32-70-65(72-42-68)73-48-29-33-69-34-30-48/h12-15,17-19,22-25,27-30,33-34,38-39,43-44,50,55,60-61,64H,6-11,16,20-21,26,31-32,35-37,40-41H2,1-5H3,(H,71,83)(H,74,84)(H,75,79)(H2,69,70,72,73)/t43-,44-,60+,61+,64-/m1/s1. The Labute approximate surface area is 529 Å². The van der Waals surface area contributed by atoms with Gasteiger partial charge in [0.1, 0.15) is 25.1 Å². The summed E-state index contributed by atoms with van der Waals surface area (Å²) in [5, 5.41) is 24.5. The SMILES string of the molecule is COC(=O)[C@H]1O[C@@H](Oc2ccc(COC(=O)Nc3cccc(C(=O)N(C)CCON(C(=O)CCCCCCN=C(NC#N)Nc4ccncc4)C4CCCCC4)c3)cc2NC(=O)CCNC(=O)OCC2c3ccccc3-c3ccccc32)[C@H](C)[C@@H](C)[C@@H]1OC(C)=O. The lowest BCUT2D eigenvalue weighted by molar-refractivity contribution is -0.243. The average molecular weight is 1250 g/mol. The van der Waals surface area contributed by atoms with Crippen LogP contribution in [0, 0.1) is 23.3 Å². The number of hydrogen-bond acceptors (Lipinski definition) is 17. The molecule has 8 rings (SSSR count). The molecule has 2 fully saturated rings. The molecule has 1 saturated carbocycles. The number of carbonyl (C=O) groups excluding carboxylic acids is 7. The van der Waals surface area contributed by atoms with Crippen LogP contribution in [0.2, 0.25) is 0 Å². The molecule has 4 aromatic carbocycles. The normalized spacial score (nSPS) is 17.8. The van der Waals surface area contributed by atoms with Gasteiger partial charge in [0.25, 0.3) is 5.91 Å². The number of anilines is 3. The third kappa shape index (κ3) is 19.2. The van der Waals surface area contributed by atoms with Crippen LogP contribution in [0.4, 0.5) is 26.7 Å². The molecule has 1 aliphatic heterocycles. The predicted molar refractivity (Wildman–Crippen MR) is 337 cm³/mol. The number of amides is 5. The van der Waals surface area contributed by atoms with Crippen LogP contribution in [0.1, 0.15) is 124 Å². The van der Waals surface area contributed by atoms with Crippen molar-refractivity contribution in [1.82, 2.24) is 25.6 Å². The first-order valence-electron chi connectivity index (χ1n) is 30.8. The fraction of sp³-hybridized carbons (Fsp3) is 0.433. The van der Waals surface area contributed by atoms with E-state index in [9.17, 15) is 33.6 Å². The first kappa shape index (κ1) is 67.3. The molecular formula is C67H80N10O14. The third-order valence-electron chi connectivity index (χ3n) is 16.2. The smallest absolute Gasteiger partial charge is 0.411 e. The zero-order valence-electron chi connectivity index (χ0n) is 52.0. The molecular weight excluding hydrogens is 1170 g/mol. The average Bonchev–Trinajstić information content (AvgIpc) is 1.73. The molecule has 5 N–H and O–H groups in total. The number of ether oxygens (including phenoxy) is 6. The van der Waals surface area contributed by atoms with Gasteiger partial charge in [-0.3, -0.25) is 44.6 Å². The summed E-state index contributed by atoms with van der Waals surface area (Å²) in [7, 11) is 2.82. The Morgan fingerprint density at radius 1 is 0.769 bits per heavy atom. The lowest BCUT2D eigenvalue weighted by atomic mass is 9.84. The molecule has 0 radical (unpaired) electrons. The van der Waals surface area contributed by atoms with Crippen molar-refractivity contribution >= 4 is 64.9 Å². The minimum Gasteiger partial charge on any atom is -0.467 e. The largest absolute Gasteiger partial charge is 0.467 e. The Bertz CT molecular complexity index is 3350. The van der Waals surface area contributed by atoms with Crippen molar-refractivity contribution in [2.75, 3.05) is 63.0 Å². The van der Waals surface area contributed by atoms with Crippen LogP contribution in [-0.2, 0) is 54.3 Å². The fourth-order valence-corrected chi connectivity index (χ4v) is 11.2. The van der Waals surface area contributed by atoms with Crippen LogP contribution < -0.4 is 31.3 Å². The molecule has 5 atom stereocenters. The van der Waals surface area contributed by atoms with E-state index in [0.29, 0.717) is 30.9 Å². The van der Waals surface area contributed by atoms with E-state index in [0.717, 1.165) is 79.3 Å². The van der Waals surface area contributed by atoms with Crippen LogP contribution in [0.15, 0.2) is 121 Å². The molecule has 0 bridgehead atoms. The highest BCUT2D eigenvalue weighted by molar-refractivity contribution is 5.97. The number of nitrogens with zero attached hydrogens (tertiary/aromatic N) is 5. The molecule has 0 spiro atoms. The van der Waals surface area contributed by atoms with Crippen LogP contribution in [-0.4, -0.2) is 134 Å². The Kier molecular flexibility index (Phi) is 25.0. The zero-order chi connectivity index (χ0) is 64.7. The van der Waals surface area contributed by atoms with Crippen LogP contribution >= 0.6 is 0 Å². The number of pyridine rings is 1. The summed E-state index contributed by atoms with van der Waals surface area (Å²) >= 11 is 0. The monoisotopic (exact) mass is 1250 g/mol. The Morgan fingerprint density at radius 2 is 1.49 bits per heavy atom. The van der Waals surface area contributed by atoms with E-state index in [1.54, 1.807) is 69.7 Å². The number of nitrogens with one attached hydrogen (secondary N) is 5. The van der Waals surface area contributed by atoms with Crippen molar-refractivity contribution in [3.05, 3.63) is 138 Å². The minimum absolute atomic E-state index is 0.0525. The van der Waals surface area contributed by atoms with Gasteiger partial charge in [0, 0.05) is 93.5 Å². The van der Waals surface area contributed by atoms with E-state index < -0.39 is 60.4 Å². The molecule has 0 unspecified atom stereocenters. The molecule has 3 aliphatic rings. The molecule has 5 aromatic rings. The molecule has 2 aliphatic carbocycles. The van der Waals surface area contributed by atoms with Gasteiger partial charge in [-0.2, -0.15) is 5.26 Å². The number of aliphatic imine (C=N–C) groups is 1. The second kappa shape index (κ2) is 33.8. The summed E-state index contributed by atoms with van der Waals surface area (Å²) in [4.78, 5) is 109. The van der Waals surface area contributed by atoms with E-state index in [1.807, 2.05) is 54.7 Å². The molecule has 2 heterocycles.